The van der Waals surface area contributed by atoms with Crippen molar-refractivity contribution in [2.45, 2.75) is 26.3 Å². The summed E-state index contributed by atoms with van der Waals surface area (Å²) in [7, 11) is 0. The van der Waals surface area contributed by atoms with Crippen LogP contribution in [-0.4, -0.2) is 54.9 Å². The third-order valence-electron chi connectivity index (χ3n) is 4.31. The number of furan rings is 1. The molecule has 7 heteroatoms. The Morgan fingerprint density at radius 2 is 2.12 bits per heavy atom. The molecule has 0 bridgehead atoms. The highest BCUT2D eigenvalue weighted by Crippen LogP contribution is 2.20. The Morgan fingerprint density at radius 3 is 2.80 bits per heavy atom. The number of aromatic nitrogens is 1. The molecule has 1 aliphatic rings. The summed E-state index contributed by atoms with van der Waals surface area (Å²) in [5.41, 5.74) is 0.261. The maximum Gasteiger partial charge on any atom is 0.273 e. The fourth-order valence-electron chi connectivity index (χ4n) is 3.07. The number of nitrogens with one attached hydrogen (secondary N) is 1. The van der Waals surface area contributed by atoms with Crippen LogP contribution in [0.1, 0.15) is 30.8 Å². The van der Waals surface area contributed by atoms with E-state index >= 15 is 0 Å². The minimum Gasteiger partial charge on any atom is -0.461 e. The SMILES string of the molecule is CC(C)C[C@@H](CNC(=O)c1cc(-c2ccco2)on1)N1CCOCC1. The molecule has 2 aromatic rings. The number of carbonyl (C=O) groups is 1. The van der Waals surface area contributed by atoms with Crippen LogP contribution < -0.4 is 5.32 Å². The van der Waals surface area contributed by atoms with E-state index in [0.29, 0.717) is 30.0 Å². The van der Waals surface area contributed by atoms with Crippen molar-refractivity contribution in [2.75, 3.05) is 32.8 Å². The highest BCUT2D eigenvalue weighted by molar-refractivity contribution is 5.92. The summed E-state index contributed by atoms with van der Waals surface area (Å²) < 4.78 is 15.9. The second kappa shape index (κ2) is 8.31. The first-order chi connectivity index (χ1) is 12.1. The van der Waals surface area contributed by atoms with Crippen LogP contribution >= 0.6 is 0 Å². The van der Waals surface area contributed by atoms with Gasteiger partial charge in [0.25, 0.3) is 5.91 Å². The zero-order valence-corrected chi connectivity index (χ0v) is 14.7. The number of carbonyl (C=O) groups excluding carboxylic acids is 1. The summed E-state index contributed by atoms with van der Waals surface area (Å²) in [6.07, 6.45) is 2.58. The van der Waals surface area contributed by atoms with Crippen molar-refractivity contribution in [3.05, 3.63) is 30.2 Å². The molecule has 136 valence electrons. The van der Waals surface area contributed by atoms with Gasteiger partial charge in [0.05, 0.1) is 19.5 Å². The second-order valence-electron chi connectivity index (χ2n) is 6.70. The molecule has 2 aromatic heterocycles. The Balaban J connectivity index is 1.59. The van der Waals surface area contributed by atoms with E-state index in [4.69, 9.17) is 13.7 Å². The van der Waals surface area contributed by atoms with E-state index in [9.17, 15) is 4.79 Å². The lowest BCUT2D eigenvalue weighted by Crippen LogP contribution is -2.49. The Morgan fingerprint density at radius 1 is 1.32 bits per heavy atom. The average molecular weight is 347 g/mol. The number of rotatable bonds is 7. The summed E-state index contributed by atoms with van der Waals surface area (Å²) in [5.74, 6) is 1.32. The van der Waals surface area contributed by atoms with Gasteiger partial charge in [0, 0.05) is 31.7 Å². The summed E-state index contributed by atoms with van der Waals surface area (Å²) in [6.45, 7) is 8.28. The number of hydrogen-bond acceptors (Lipinski definition) is 6. The van der Waals surface area contributed by atoms with Gasteiger partial charge in [-0.15, -0.1) is 0 Å². The van der Waals surface area contributed by atoms with Crippen molar-refractivity contribution in [1.82, 2.24) is 15.4 Å². The first-order valence-corrected chi connectivity index (χ1v) is 8.74. The Hall–Kier alpha value is -2.12. The van der Waals surface area contributed by atoms with Gasteiger partial charge in [-0.1, -0.05) is 19.0 Å². The Labute approximate surface area is 147 Å². The molecule has 0 aromatic carbocycles. The quantitative estimate of drug-likeness (QED) is 0.828. The molecule has 0 saturated carbocycles. The fraction of sp³-hybridized carbons (Fsp3) is 0.556. The van der Waals surface area contributed by atoms with E-state index in [-0.39, 0.29) is 11.6 Å². The van der Waals surface area contributed by atoms with Gasteiger partial charge in [0.1, 0.15) is 0 Å². The van der Waals surface area contributed by atoms with Gasteiger partial charge in [-0.3, -0.25) is 9.69 Å². The van der Waals surface area contributed by atoms with E-state index in [1.54, 1.807) is 24.5 Å². The van der Waals surface area contributed by atoms with Crippen LogP contribution in [0.15, 0.2) is 33.4 Å². The van der Waals surface area contributed by atoms with E-state index in [1.165, 1.54) is 0 Å². The number of amides is 1. The molecule has 0 aliphatic carbocycles. The molecule has 3 heterocycles. The largest absolute Gasteiger partial charge is 0.461 e. The Bertz CT molecular complexity index is 660. The Kier molecular flexibility index (Phi) is 5.88. The molecular weight excluding hydrogens is 322 g/mol. The highest BCUT2D eigenvalue weighted by Gasteiger charge is 2.23. The van der Waals surface area contributed by atoms with Gasteiger partial charge >= 0.3 is 0 Å². The van der Waals surface area contributed by atoms with Crippen LogP contribution in [0.5, 0.6) is 0 Å². The standard InChI is InChI=1S/C18H25N3O4/c1-13(2)10-14(21-5-8-23-9-6-21)12-19-18(22)15-11-17(25-20-15)16-4-3-7-24-16/h3-4,7,11,13-14H,5-6,8-10,12H2,1-2H3,(H,19,22)/t14-/m0/s1. The van der Waals surface area contributed by atoms with Gasteiger partial charge in [0.15, 0.2) is 11.5 Å². The fourth-order valence-corrected chi connectivity index (χ4v) is 3.07. The first kappa shape index (κ1) is 17.7. The molecule has 1 N–H and O–H groups in total. The van der Waals surface area contributed by atoms with Crippen LogP contribution in [0.4, 0.5) is 0 Å². The molecule has 0 unspecified atom stereocenters. The highest BCUT2D eigenvalue weighted by atomic mass is 16.5. The molecule has 3 rings (SSSR count). The van der Waals surface area contributed by atoms with E-state index in [0.717, 1.165) is 32.7 Å². The normalized spacial score (nSPS) is 16.9. The first-order valence-electron chi connectivity index (χ1n) is 8.74. The van der Waals surface area contributed by atoms with Gasteiger partial charge in [-0.25, -0.2) is 0 Å². The molecule has 0 radical (unpaired) electrons. The third-order valence-corrected chi connectivity index (χ3v) is 4.31. The smallest absolute Gasteiger partial charge is 0.273 e. The van der Waals surface area contributed by atoms with E-state index in [2.05, 4.69) is 29.2 Å². The molecule has 1 fully saturated rings. The topological polar surface area (TPSA) is 80.7 Å². The second-order valence-corrected chi connectivity index (χ2v) is 6.70. The van der Waals surface area contributed by atoms with Crippen LogP contribution in [0.2, 0.25) is 0 Å². The summed E-state index contributed by atoms with van der Waals surface area (Å²) in [5, 5.41) is 6.83. The van der Waals surface area contributed by atoms with Crippen molar-refractivity contribution in [1.29, 1.82) is 0 Å². The van der Waals surface area contributed by atoms with Crippen molar-refractivity contribution in [3.8, 4) is 11.5 Å². The van der Waals surface area contributed by atoms with Crippen molar-refractivity contribution in [3.63, 3.8) is 0 Å². The zero-order chi connectivity index (χ0) is 17.6. The van der Waals surface area contributed by atoms with Gasteiger partial charge in [-0.2, -0.15) is 0 Å². The van der Waals surface area contributed by atoms with Crippen LogP contribution in [-0.2, 0) is 4.74 Å². The average Bonchev–Trinajstić information content (AvgIpc) is 3.29. The van der Waals surface area contributed by atoms with Crippen molar-refractivity contribution >= 4 is 5.91 Å². The third kappa shape index (κ3) is 4.70. The number of ether oxygens (including phenoxy) is 1. The minimum atomic E-state index is -0.233. The number of morpholine rings is 1. The molecule has 7 nitrogen and oxygen atoms in total. The summed E-state index contributed by atoms with van der Waals surface area (Å²) in [4.78, 5) is 14.8. The van der Waals surface area contributed by atoms with Crippen LogP contribution in [0.25, 0.3) is 11.5 Å². The predicted octanol–water partition coefficient (Wildman–Crippen LogP) is 2.41. The van der Waals surface area contributed by atoms with Gasteiger partial charge in [0.2, 0.25) is 5.76 Å². The number of hydrogen-bond donors (Lipinski definition) is 1. The van der Waals surface area contributed by atoms with Crippen molar-refractivity contribution < 1.29 is 18.5 Å². The predicted molar refractivity (Wildman–Crippen MR) is 92.2 cm³/mol. The summed E-state index contributed by atoms with van der Waals surface area (Å²) in [6, 6.07) is 5.42. The summed E-state index contributed by atoms with van der Waals surface area (Å²) >= 11 is 0. The molecule has 0 spiro atoms. The van der Waals surface area contributed by atoms with Gasteiger partial charge < -0.3 is 19.0 Å². The van der Waals surface area contributed by atoms with Crippen LogP contribution in [0.3, 0.4) is 0 Å². The molecular formula is C18H25N3O4. The molecule has 1 saturated heterocycles. The van der Waals surface area contributed by atoms with E-state index < -0.39 is 0 Å². The molecule has 1 atom stereocenters. The molecule has 1 aliphatic heterocycles. The zero-order valence-electron chi connectivity index (χ0n) is 14.7. The maximum atomic E-state index is 12.4. The lowest BCUT2D eigenvalue weighted by molar-refractivity contribution is 0.0124. The van der Waals surface area contributed by atoms with E-state index in [1.807, 2.05) is 0 Å². The molecule has 25 heavy (non-hydrogen) atoms. The monoisotopic (exact) mass is 347 g/mol. The van der Waals surface area contributed by atoms with Crippen molar-refractivity contribution in [2.24, 2.45) is 5.92 Å². The number of nitrogens with zero attached hydrogens (tertiary/aromatic N) is 2. The lowest BCUT2D eigenvalue weighted by Gasteiger charge is -2.35. The van der Waals surface area contributed by atoms with Gasteiger partial charge in [-0.05, 0) is 24.5 Å². The van der Waals surface area contributed by atoms with Crippen LogP contribution in [0, 0.1) is 5.92 Å². The molecule has 1 amide bonds. The maximum absolute atomic E-state index is 12.4. The lowest BCUT2D eigenvalue weighted by atomic mass is 10.0. The minimum absolute atomic E-state index is 0.233.